The fourth-order valence-electron chi connectivity index (χ4n) is 2.55. The monoisotopic (exact) mass is 364 g/mol. The third-order valence-electron chi connectivity index (χ3n) is 4.39. The SMILES string of the molecule is CC.CC(=O)OC(C)(C)C.CC1(C)CB(c2ccnc(N)c2)OC1(C)C. The van der Waals surface area contributed by atoms with E-state index in [0.717, 1.165) is 11.8 Å². The number of hydrogen-bond acceptors (Lipinski definition) is 5. The minimum Gasteiger partial charge on any atom is -0.460 e. The van der Waals surface area contributed by atoms with Gasteiger partial charge in [-0.25, -0.2) is 4.98 Å². The number of nitrogens with zero attached hydrogens (tertiary/aromatic N) is 1. The van der Waals surface area contributed by atoms with Crippen LogP contribution in [0.1, 0.15) is 69.2 Å². The molecule has 0 unspecified atom stereocenters. The Morgan fingerprint density at radius 1 is 1.27 bits per heavy atom. The second-order valence-electron chi connectivity index (χ2n) is 8.42. The fraction of sp³-hybridized carbons (Fsp3) is 0.700. The summed E-state index contributed by atoms with van der Waals surface area (Å²) in [7, 11) is 0. The highest BCUT2D eigenvalue weighted by Crippen LogP contribution is 2.44. The fourth-order valence-corrected chi connectivity index (χ4v) is 2.55. The Labute approximate surface area is 160 Å². The molecule has 0 amide bonds. The summed E-state index contributed by atoms with van der Waals surface area (Å²) in [5.41, 5.74) is 6.57. The molecule has 2 rings (SSSR count). The van der Waals surface area contributed by atoms with E-state index < -0.39 is 0 Å². The van der Waals surface area contributed by atoms with Crippen LogP contribution in [0.3, 0.4) is 0 Å². The predicted molar refractivity (Wildman–Crippen MR) is 111 cm³/mol. The molecule has 0 radical (unpaired) electrons. The van der Waals surface area contributed by atoms with Gasteiger partial charge < -0.3 is 15.1 Å². The molecular formula is C20H37BN2O3. The molecule has 1 aromatic heterocycles. The van der Waals surface area contributed by atoms with Gasteiger partial charge in [-0.3, -0.25) is 4.79 Å². The van der Waals surface area contributed by atoms with Crippen molar-refractivity contribution in [2.75, 3.05) is 5.73 Å². The van der Waals surface area contributed by atoms with Gasteiger partial charge in [0.1, 0.15) is 11.4 Å². The van der Waals surface area contributed by atoms with Crippen LogP contribution in [0, 0.1) is 5.41 Å². The number of nitrogens with two attached hydrogens (primary N) is 1. The highest BCUT2D eigenvalue weighted by molar-refractivity contribution is 6.68. The Bertz CT molecular complexity index is 565. The summed E-state index contributed by atoms with van der Waals surface area (Å²) < 4.78 is 10.9. The van der Waals surface area contributed by atoms with Gasteiger partial charge in [-0.2, -0.15) is 0 Å². The quantitative estimate of drug-likeness (QED) is 0.601. The molecule has 6 heteroatoms. The Hall–Kier alpha value is -1.56. The molecule has 1 aliphatic heterocycles. The van der Waals surface area contributed by atoms with Crippen molar-refractivity contribution in [2.45, 2.75) is 86.8 Å². The molecule has 0 spiro atoms. The van der Waals surface area contributed by atoms with E-state index in [2.05, 4.69) is 32.7 Å². The van der Waals surface area contributed by atoms with Crippen molar-refractivity contribution in [3.05, 3.63) is 18.3 Å². The van der Waals surface area contributed by atoms with Crippen LogP contribution in [-0.4, -0.2) is 29.1 Å². The van der Waals surface area contributed by atoms with Crippen molar-refractivity contribution in [3.63, 3.8) is 0 Å². The van der Waals surface area contributed by atoms with E-state index in [9.17, 15) is 4.79 Å². The molecule has 5 nitrogen and oxygen atoms in total. The van der Waals surface area contributed by atoms with Crippen LogP contribution in [0.2, 0.25) is 6.32 Å². The third-order valence-corrected chi connectivity index (χ3v) is 4.39. The van der Waals surface area contributed by atoms with Crippen LogP contribution < -0.4 is 11.2 Å². The van der Waals surface area contributed by atoms with Crippen LogP contribution in [0.5, 0.6) is 0 Å². The van der Waals surface area contributed by atoms with Gasteiger partial charge >= 0.3 is 12.9 Å². The number of aromatic nitrogens is 1. The Morgan fingerprint density at radius 3 is 2.12 bits per heavy atom. The summed E-state index contributed by atoms with van der Waals surface area (Å²) in [4.78, 5) is 14.2. The second-order valence-corrected chi connectivity index (χ2v) is 8.42. The van der Waals surface area contributed by atoms with Gasteiger partial charge in [-0.15, -0.1) is 0 Å². The number of pyridine rings is 1. The van der Waals surface area contributed by atoms with Gasteiger partial charge in [0.05, 0.1) is 5.60 Å². The van der Waals surface area contributed by atoms with Crippen molar-refractivity contribution < 1.29 is 14.2 Å². The maximum Gasteiger partial charge on any atom is 0.328 e. The first-order valence-electron chi connectivity index (χ1n) is 9.32. The lowest BCUT2D eigenvalue weighted by Gasteiger charge is -2.34. The third kappa shape index (κ3) is 7.77. The lowest BCUT2D eigenvalue weighted by Crippen LogP contribution is -2.36. The second kappa shape index (κ2) is 9.40. The summed E-state index contributed by atoms with van der Waals surface area (Å²) in [6.45, 7) is 19.9. The molecule has 0 aliphatic carbocycles. The summed E-state index contributed by atoms with van der Waals surface area (Å²) >= 11 is 0. The van der Waals surface area contributed by atoms with E-state index in [4.69, 9.17) is 15.1 Å². The largest absolute Gasteiger partial charge is 0.460 e. The van der Waals surface area contributed by atoms with Gasteiger partial charge in [0.25, 0.3) is 0 Å². The number of anilines is 1. The summed E-state index contributed by atoms with van der Waals surface area (Å²) in [6, 6.07) is 3.89. The molecule has 148 valence electrons. The molecule has 26 heavy (non-hydrogen) atoms. The molecule has 1 aliphatic rings. The van der Waals surface area contributed by atoms with Gasteiger partial charge in [0, 0.05) is 13.1 Å². The molecule has 2 N–H and O–H groups in total. The highest BCUT2D eigenvalue weighted by atomic mass is 16.6. The standard InChI is InChI=1S/C12H19BN2O.C6H12O2.C2H6/c1-11(2)8-13(16-12(11,3)4)9-5-6-15-10(14)7-9;1-5(7)8-6(2,3)4;1-2/h5-7H,8H2,1-4H3,(H2,14,15);1-4H3;1-2H3. The summed E-state index contributed by atoms with van der Waals surface area (Å²) in [6.07, 6.45) is 2.76. The van der Waals surface area contributed by atoms with Crippen molar-refractivity contribution >= 4 is 24.2 Å². The van der Waals surface area contributed by atoms with E-state index in [1.165, 1.54) is 6.92 Å². The Kier molecular flexibility index (Phi) is 8.84. The summed E-state index contributed by atoms with van der Waals surface area (Å²) in [5.74, 6) is 0.334. The highest BCUT2D eigenvalue weighted by Gasteiger charge is 2.49. The van der Waals surface area contributed by atoms with Gasteiger partial charge in [0.15, 0.2) is 0 Å². The first kappa shape index (κ1) is 24.4. The smallest absolute Gasteiger partial charge is 0.328 e. The molecule has 1 saturated heterocycles. The van der Waals surface area contributed by atoms with E-state index in [1.807, 2.05) is 46.8 Å². The molecule has 0 saturated carbocycles. The lowest BCUT2D eigenvalue weighted by atomic mass is 9.54. The number of carbonyl (C=O) groups excluding carboxylic acids is 1. The van der Waals surface area contributed by atoms with Gasteiger partial charge in [0.2, 0.25) is 0 Å². The average molecular weight is 364 g/mol. The number of rotatable bonds is 1. The lowest BCUT2D eigenvalue weighted by molar-refractivity contribution is -0.151. The van der Waals surface area contributed by atoms with Crippen molar-refractivity contribution in [2.24, 2.45) is 5.41 Å². The first-order chi connectivity index (χ1) is 11.7. The van der Waals surface area contributed by atoms with Crippen molar-refractivity contribution in [1.82, 2.24) is 4.98 Å². The number of esters is 1. The summed E-state index contributed by atoms with van der Waals surface area (Å²) in [5, 5.41) is 0. The minimum absolute atomic E-state index is 0.101. The zero-order chi connectivity index (χ0) is 20.8. The zero-order valence-electron chi connectivity index (χ0n) is 18.3. The minimum atomic E-state index is -0.328. The van der Waals surface area contributed by atoms with E-state index in [1.54, 1.807) is 6.20 Å². The van der Waals surface area contributed by atoms with Crippen LogP contribution in [-0.2, 0) is 14.2 Å². The molecule has 1 fully saturated rings. The van der Waals surface area contributed by atoms with Crippen LogP contribution in [0.15, 0.2) is 18.3 Å². The molecule has 1 aromatic rings. The zero-order valence-corrected chi connectivity index (χ0v) is 18.3. The normalized spacial score (nSPS) is 17.4. The molecular weight excluding hydrogens is 327 g/mol. The number of carbonyl (C=O) groups is 1. The van der Waals surface area contributed by atoms with E-state index in [-0.39, 0.29) is 29.5 Å². The molecule has 0 atom stereocenters. The van der Waals surface area contributed by atoms with Crippen LogP contribution in [0.25, 0.3) is 0 Å². The number of nitrogen functional groups attached to an aromatic ring is 1. The van der Waals surface area contributed by atoms with Gasteiger partial charge in [-0.1, -0.05) is 27.7 Å². The van der Waals surface area contributed by atoms with Gasteiger partial charge in [-0.05, 0) is 63.9 Å². The van der Waals surface area contributed by atoms with Crippen molar-refractivity contribution in [3.8, 4) is 0 Å². The maximum absolute atomic E-state index is 10.2. The number of ether oxygens (including phenoxy) is 1. The van der Waals surface area contributed by atoms with E-state index >= 15 is 0 Å². The van der Waals surface area contributed by atoms with Crippen molar-refractivity contribution in [1.29, 1.82) is 0 Å². The molecule has 0 bridgehead atoms. The van der Waals surface area contributed by atoms with E-state index in [0.29, 0.717) is 5.82 Å². The number of hydrogen-bond donors (Lipinski definition) is 1. The average Bonchev–Trinajstić information content (AvgIpc) is 2.68. The molecule has 0 aromatic carbocycles. The first-order valence-corrected chi connectivity index (χ1v) is 9.32. The van der Waals surface area contributed by atoms with Crippen LogP contribution in [0.4, 0.5) is 5.82 Å². The van der Waals surface area contributed by atoms with Crippen LogP contribution >= 0.6 is 0 Å². The predicted octanol–water partition coefficient (Wildman–Crippen LogP) is 4.07. The topological polar surface area (TPSA) is 74.4 Å². The Balaban J connectivity index is 0.000000533. The maximum atomic E-state index is 10.2. The molecule has 2 heterocycles. The Morgan fingerprint density at radius 2 is 1.81 bits per heavy atom.